The zero-order chi connectivity index (χ0) is 11.1. The summed E-state index contributed by atoms with van der Waals surface area (Å²) >= 11 is 0. The molecular weight excluding hydrogens is 212 g/mol. The first kappa shape index (κ1) is 11.9. The molecule has 0 atom stereocenters. The maximum absolute atomic E-state index is 11.3. The Bertz CT molecular complexity index is 445. The molecule has 0 amide bonds. The van der Waals surface area contributed by atoms with E-state index in [1.165, 1.54) is 0 Å². The van der Waals surface area contributed by atoms with Gasteiger partial charge in [0.15, 0.2) is 0 Å². The van der Waals surface area contributed by atoms with E-state index in [-0.39, 0.29) is 0 Å². The fraction of sp³-hybridized carbons (Fsp3) is 0.364. The Morgan fingerprint density at radius 3 is 2.87 bits per heavy atom. The molecule has 3 nitrogen and oxygen atoms in total. The van der Waals surface area contributed by atoms with Crippen molar-refractivity contribution in [1.29, 1.82) is 0 Å². The second-order valence-corrected chi connectivity index (χ2v) is 4.17. The van der Waals surface area contributed by atoms with E-state index in [0.717, 1.165) is 12.8 Å². The van der Waals surface area contributed by atoms with Gasteiger partial charge in [0.1, 0.15) is 10.6 Å². The maximum atomic E-state index is 11.3. The first-order valence-electron chi connectivity index (χ1n) is 4.83. The molecule has 1 aromatic rings. The van der Waals surface area contributed by atoms with Crippen LogP contribution < -0.4 is 4.74 Å². The van der Waals surface area contributed by atoms with E-state index in [1.54, 1.807) is 29.6 Å². The summed E-state index contributed by atoms with van der Waals surface area (Å²) in [5, 5.41) is 10.3. The van der Waals surface area contributed by atoms with Crippen molar-refractivity contribution >= 4 is 10.2 Å². The number of benzene rings is 1. The SMILES string of the molecule is CCCCOc1ccccc1S(=O)#CO. The average molecular weight is 226 g/mol. The van der Waals surface area contributed by atoms with Crippen LogP contribution in [-0.2, 0) is 10.2 Å². The van der Waals surface area contributed by atoms with Crippen molar-refractivity contribution in [3.63, 3.8) is 0 Å². The van der Waals surface area contributed by atoms with Gasteiger partial charge in [-0.25, -0.2) is 4.21 Å². The Morgan fingerprint density at radius 1 is 1.47 bits per heavy atom. The second-order valence-electron chi connectivity index (χ2n) is 3.01. The molecule has 0 heterocycles. The fourth-order valence-electron chi connectivity index (χ4n) is 1.10. The standard InChI is InChI=1S/C11H14O3S/c1-2-3-8-14-10-6-4-5-7-11(10)15(13)9-12/h4-7,12H,2-3,8H2,1H3. The first-order chi connectivity index (χ1) is 7.29. The molecule has 0 radical (unpaired) electrons. The van der Waals surface area contributed by atoms with Crippen molar-refractivity contribution < 1.29 is 14.1 Å². The van der Waals surface area contributed by atoms with Gasteiger partial charge in [-0.05, 0) is 18.6 Å². The lowest BCUT2D eigenvalue weighted by Gasteiger charge is -2.06. The summed E-state index contributed by atoms with van der Waals surface area (Å²) in [5.41, 5.74) is 0. The number of hydrogen-bond acceptors (Lipinski definition) is 3. The van der Waals surface area contributed by atoms with E-state index in [1.807, 2.05) is 0 Å². The highest BCUT2D eigenvalue weighted by molar-refractivity contribution is 7.74. The van der Waals surface area contributed by atoms with Crippen LogP contribution in [0, 0.1) is 5.37 Å². The quantitative estimate of drug-likeness (QED) is 0.801. The summed E-state index contributed by atoms with van der Waals surface area (Å²) in [5.74, 6) is 0.547. The molecule has 0 aromatic heterocycles. The van der Waals surface area contributed by atoms with E-state index in [2.05, 4.69) is 6.92 Å². The molecule has 0 aliphatic heterocycles. The highest BCUT2D eigenvalue weighted by atomic mass is 32.2. The summed E-state index contributed by atoms with van der Waals surface area (Å²) in [6.07, 6.45) is 2.00. The third-order valence-corrected chi connectivity index (χ3v) is 2.79. The van der Waals surface area contributed by atoms with Crippen LogP contribution in [0.1, 0.15) is 19.8 Å². The lowest BCUT2D eigenvalue weighted by atomic mass is 10.3. The third kappa shape index (κ3) is 3.44. The van der Waals surface area contributed by atoms with Crippen LogP contribution in [0.4, 0.5) is 0 Å². The third-order valence-electron chi connectivity index (χ3n) is 1.89. The van der Waals surface area contributed by atoms with Crippen molar-refractivity contribution in [1.82, 2.24) is 0 Å². The van der Waals surface area contributed by atoms with Crippen molar-refractivity contribution in [2.75, 3.05) is 6.61 Å². The number of para-hydroxylation sites is 1. The molecule has 0 saturated heterocycles. The lowest BCUT2D eigenvalue weighted by molar-refractivity contribution is 0.302. The van der Waals surface area contributed by atoms with E-state index in [9.17, 15) is 4.21 Å². The van der Waals surface area contributed by atoms with Gasteiger partial charge < -0.3 is 9.84 Å². The number of aliphatic hydroxyl groups excluding tert-OH is 1. The number of hydrogen-bond donors (Lipinski definition) is 1. The Balaban J connectivity index is 2.86. The second kappa shape index (κ2) is 6.30. The minimum Gasteiger partial charge on any atom is -0.492 e. The van der Waals surface area contributed by atoms with Gasteiger partial charge in [-0.3, -0.25) is 0 Å². The Labute approximate surface area is 91.4 Å². The average Bonchev–Trinajstić information content (AvgIpc) is 2.29. The molecule has 0 spiro atoms. The van der Waals surface area contributed by atoms with Gasteiger partial charge in [0.25, 0.3) is 0 Å². The van der Waals surface area contributed by atoms with E-state index < -0.39 is 10.2 Å². The molecule has 1 rings (SSSR count). The highest BCUT2D eigenvalue weighted by Gasteiger charge is 2.02. The molecule has 0 unspecified atom stereocenters. The minimum atomic E-state index is -1.63. The molecule has 0 saturated carbocycles. The zero-order valence-corrected chi connectivity index (χ0v) is 9.42. The Morgan fingerprint density at radius 2 is 2.20 bits per heavy atom. The molecule has 82 valence electrons. The maximum Gasteiger partial charge on any atom is 0.139 e. The predicted molar refractivity (Wildman–Crippen MR) is 59.1 cm³/mol. The molecule has 0 fully saturated rings. The summed E-state index contributed by atoms with van der Waals surface area (Å²) in [6.45, 7) is 2.67. The van der Waals surface area contributed by atoms with Crippen molar-refractivity contribution in [2.24, 2.45) is 0 Å². The molecule has 15 heavy (non-hydrogen) atoms. The van der Waals surface area contributed by atoms with E-state index in [0.29, 0.717) is 17.3 Å². The summed E-state index contributed by atoms with van der Waals surface area (Å²) in [6, 6.07) is 6.94. The fourth-order valence-corrected chi connectivity index (χ4v) is 1.71. The van der Waals surface area contributed by atoms with Gasteiger partial charge in [0.2, 0.25) is 0 Å². The molecule has 1 N–H and O–H groups in total. The molecule has 0 aliphatic rings. The molecule has 0 aliphatic carbocycles. The van der Waals surface area contributed by atoms with Crippen LogP contribution in [0.25, 0.3) is 0 Å². The van der Waals surface area contributed by atoms with E-state index >= 15 is 0 Å². The smallest absolute Gasteiger partial charge is 0.139 e. The Kier molecular flexibility index (Phi) is 4.98. The molecule has 1 aromatic carbocycles. The summed E-state index contributed by atoms with van der Waals surface area (Å²) in [4.78, 5) is 0.455. The summed E-state index contributed by atoms with van der Waals surface area (Å²) < 4.78 is 16.8. The minimum absolute atomic E-state index is 0.455. The van der Waals surface area contributed by atoms with Crippen LogP contribution in [0.2, 0.25) is 0 Å². The van der Waals surface area contributed by atoms with Crippen LogP contribution in [0.5, 0.6) is 5.75 Å². The van der Waals surface area contributed by atoms with Gasteiger partial charge in [-0.15, -0.1) is 0 Å². The number of ether oxygens (including phenoxy) is 1. The van der Waals surface area contributed by atoms with Crippen LogP contribution in [0.15, 0.2) is 29.2 Å². The number of unbranched alkanes of at least 4 members (excludes halogenated alkanes) is 1. The van der Waals surface area contributed by atoms with Crippen LogP contribution in [0.3, 0.4) is 0 Å². The van der Waals surface area contributed by atoms with Crippen molar-refractivity contribution in [3.05, 3.63) is 24.3 Å². The van der Waals surface area contributed by atoms with Gasteiger partial charge in [-0.2, -0.15) is 0 Å². The largest absolute Gasteiger partial charge is 0.492 e. The predicted octanol–water partition coefficient (Wildman–Crippen LogP) is 2.26. The summed E-state index contributed by atoms with van der Waals surface area (Å²) in [7, 11) is -1.63. The Hall–Kier alpha value is -1.22. The highest BCUT2D eigenvalue weighted by Crippen LogP contribution is 2.19. The van der Waals surface area contributed by atoms with Gasteiger partial charge in [-0.1, -0.05) is 25.5 Å². The monoisotopic (exact) mass is 226 g/mol. The molecule has 0 bridgehead atoms. The van der Waals surface area contributed by atoms with Gasteiger partial charge in [0, 0.05) is 0 Å². The number of aliphatic hydroxyl groups is 1. The molecule has 4 heteroatoms. The zero-order valence-electron chi connectivity index (χ0n) is 8.60. The topological polar surface area (TPSA) is 46.5 Å². The lowest BCUT2D eigenvalue weighted by Crippen LogP contribution is -1.98. The van der Waals surface area contributed by atoms with Crippen LogP contribution in [-0.4, -0.2) is 15.9 Å². The number of rotatable bonds is 4. The van der Waals surface area contributed by atoms with E-state index in [4.69, 9.17) is 9.84 Å². The normalized spacial score (nSPS) is 9.47. The van der Waals surface area contributed by atoms with Gasteiger partial charge in [0.05, 0.1) is 22.2 Å². The molecular formula is C11H14O3S. The van der Waals surface area contributed by atoms with Crippen molar-refractivity contribution in [3.8, 4) is 11.1 Å². The van der Waals surface area contributed by atoms with Crippen molar-refractivity contribution in [2.45, 2.75) is 24.7 Å². The first-order valence-corrected chi connectivity index (χ1v) is 5.98. The van der Waals surface area contributed by atoms with Crippen LogP contribution >= 0.6 is 0 Å². The van der Waals surface area contributed by atoms with Gasteiger partial charge >= 0.3 is 0 Å².